The van der Waals surface area contributed by atoms with Gasteiger partial charge >= 0.3 is 5.97 Å². The lowest BCUT2D eigenvalue weighted by Crippen LogP contribution is -2.38. The summed E-state index contributed by atoms with van der Waals surface area (Å²) in [6, 6.07) is 5.13. The lowest BCUT2D eigenvalue weighted by molar-refractivity contribution is -0.142. The molecule has 2 heterocycles. The second-order valence-corrected chi connectivity index (χ2v) is 7.26. The van der Waals surface area contributed by atoms with Crippen LogP contribution in [-0.4, -0.2) is 28.2 Å². The van der Waals surface area contributed by atoms with Crippen LogP contribution in [0.5, 0.6) is 0 Å². The second-order valence-electron chi connectivity index (χ2n) is 5.54. The number of nitrogens with zero attached hydrogens (tertiary/aromatic N) is 1. The standard InChI is InChI=1S/C15H15ClN2O4S/c16-13-6-5-12(23-13)11-7-10(18-22-11)14(19)17-9-3-1-8(2-4-9)15(20)21/h5-9H,1-4H2,(H,17,19)(H,20,21). The summed E-state index contributed by atoms with van der Waals surface area (Å²) in [5, 5.41) is 15.7. The van der Waals surface area contributed by atoms with Crippen molar-refractivity contribution < 1.29 is 19.2 Å². The van der Waals surface area contributed by atoms with Gasteiger partial charge in [-0.15, -0.1) is 11.3 Å². The van der Waals surface area contributed by atoms with E-state index in [0.717, 1.165) is 4.88 Å². The van der Waals surface area contributed by atoms with Crippen molar-refractivity contribution in [3.05, 3.63) is 28.2 Å². The van der Waals surface area contributed by atoms with E-state index in [1.54, 1.807) is 12.1 Å². The molecule has 0 atom stereocenters. The molecule has 0 aliphatic heterocycles. The van der Waals surface area contributed by atoms with Crippen molar-refractivity contribution >= 4 is 34.8 Å². The summed E-state index contributed by atoms with van der Waals surface area (Å²) in [5.74, 6) is -0.862. The van der Waals surface area contributed by atoms with E-state index in [4.69, 9.17) is 21.2 Å². The quantitative estimate of drug-likeness (QED) is 0.877. The highest BCUT2D eigenvalue weighted by Crippen LogP contribution is 2.31. The Morgan fingerprint density at radius 3 is 2.65 bits per heavy atom. The van der Waals surface area contributed by atoms with Crippen molar-refractivity contribution in [2.24, 2.45) is 5.92 Å². The van der Waals surface area contributed by atoms with Crippen LogP contribution in [0, 0.1) is 5.92 Å². The molecule has 122 valence electrons. The van der Waals surface area contributed by atoms with Crippen molar-refractivity contribution in [3.63, 3.8) is 0 Å². The number of aromatic nitrogens is 1. The van der Waals surface area contributed by atoms with Gasteiger partial charge in [0.15, 0.2) is 11.5 Å². The molecule has 0 unspecified atom stereocenters. The third kappa shape index (κ3) is 3.73. The number of hydrogen-bond donors (Lipinski definition) is 2. The van der Waals surface area contributed by atoms with E-state index in [0.29, 0.717) is 35.8 Å². The van der Waals surface area contributed by atoms with Gasteiger partial charge in [-0.2, -0.15) is 0 Å². The first-order chi connectivity index (χ1) is 11.0. The van der Waals surface area contributed by atoms with Crippen LogP contribution in [0.25, 0.3) is 10.6 Å². The summed E-state index contributed by atoms with van der Waals surface area (Å²) in [5.41, 5.74) is 0.213. The molecule has 0 saturated heterocycles. The van der Waals surface area contributed by atoms with Crippen LogP contribution in [0.15, 0.2) is 22.7 Å². The number of carbonyl (C=O) groups is 2. The molecule has 2 aromatic rings. The molecule has 0 spiro atoms. The van der Waals surface area contributed by atoms with Gasteiger partial charge in [0.25, 0.3) is 5.91 Å². The van der Waals surface area contributed by atoms with Gasteiger partial charge in [0.1, 0.15) is 0 Å². The number of halogens is 1. The van der Waals surface area contributed by atoms with Gasteiger partial charge in [-0.1, -0.05) is 16.8 Å². The lowest BCUT2D eigenvalue weighted by atomic mass is 9.86. The first-order valence-corrected chi connectivity index (χ1v) is 8.48. The molecule has 8 heteroatoms. The molecule has 23 heavy (non-hydrogen) atoms. The third-order valence-electron chi connectivity index (χ3n) is 3.97. The Balaban J connectivity index is 1.59. The van der Waals surface area contributed by atoms with Crippen LogP contribution in [0.4, 0.5) is 0 Å². The number of carbonyl (C=O) groups excluding carboxylic acids is 1. The molecule has 1 aliphatic rings. The van der Waals surface area contributed by atoms with Crippen molar-refractivity contribution in [1.29, 1.82) is 0 Å². The van der Waals surface area contributed by atoms with E-state index < -0.39 is 5.97 Å². The van der Waals surface area contributed by atoms with Crippen LogP contribution in [0.3, 0.4) is 0 Å². The number of nitrogens with one attached hydrogen (secondary N) is 1. The minimum absolute atomic E-state index is 0.0190. The number of hydrogen-bond acceptors (Lipinski definition) is 5. The molecular formula is C15H15ClN2O4S. The van der Waals surface area contributed by atoms with Crippen LogP contribution < -0.4 is 5.32 Å². The van der Waals surface area contributed by atoms with E-state index >= 15 is 0 Å². The normalized spacial score (nSPS) is 21.1. The number of thiophene rings is 1. The summed E-state index contributed by atoms with van der Waals surface area (Å²) in [7, 11) is 0. The molecule has 2 aromatic heterocycles. The average molecular weight is 355 g/mol. The van der Waals surface area contributed by atoms with Gasteiger partial charge in [-0.25, -0.2) is 0 Å². The first-order valence-electron chi connectivity index (χ1n) is 7.29. The monoisotopic (exact) mass is 354 g/mol. The van der Waals surface area contributed by atoms with Gasteiger partial charge in [0.2, 0.25) is 0 Å². The number of rotatable bonds is 4. The van der Waals surface area contributed by atoms with E-state index in [9.17, 15) is 9.59 Å². The Hall–Kier alpha value is -1.86. The fraction of sp³-hybridized carbons (Fsp3) is 0.400. The van der Waals surface area contributed by atoms with Crippen molar-refractivity contribution in [1.82, 2.24) is 10.5 Å². The third-order valence-corrected chi connectivity index (χ3v) is 5.22. The summed E-state index contributed by atoms with van der Waals surface area (Å²) >= 11 is 7.23. The maximum Gasteiger partial charge on any atom is 0.306 e. The molecule has 1 saturated carbocycles. The van der Waals surface area contributed by atoms with Gasteiger partial charge in [0, 0.05) is 12.1 Å². The number of carboxylic acids is 1. The Morgan fingerprint density at radius 1 is 1.30 bits per heavy atom. The molecule has 0 bridgehead atoms. The van der Waals surface area contributed by atoms with Crippen LogP contribution in [-0.2, 0) is 4.79 Å². The smallest absolute Gasteiger partial charge is 0.306 e. The molecule has 0 aromatic carbocycles. The summed E-state index contributed by atoms with van der Waals surface area (Å²) in [4.78, 5) is 23.9. The predicted octanol–water partition coefficient (Wildman–Crippen LogP) is 3.43. The van der Waals surface area contributed by atoms with Crippen molar-refractivity contribution in [2.75, 3.05) is 0 Å². The zero-order valence-corrected chi connectivity index (χ0v) is 13.7. The molecule has 2 N–H and O–H groups in total. The Labute approximate surface area is 141 Å². The van der Waals surface area contributed by atoms with E-state index in [1.165, 1.54) is 11.3 Å². The van der Waals surface area contributed by atoms with E-state index in [-0.39, 0.29) is 23.6 Å². The van der Waals surface area contributed by atoms with Crippen molar-refractivity contribution in [2.45, 2.75) is 31.7 Å². The summed E-state index contributed by atoms with van der Waals surface area (Å²) < 4.78 is 5.82. The SMILES string of the molecule is O=C(NC1CCC(C(=O)O)CC1)c1cc(-c2ccc(Cl)s2)on1. The highest BCUT2D eigenvalue weighted by atomic mass is 35.5. The number of aliphatic carboxylic acids is 1. The molecule has 1 aliphatic carbocycles. The summed E-state index contributed by atoms with van der Waals surface area (Å²) in [6.07, 6.45) is 2.48. The Morgan fingerprint density at radius 2 is 2.04 bits per heavy atom. The fourth-order valence-corrected chi connectivity index (χ4v) is 3.68. The zero-order valence-electron chi connectivity index (χ0n) is 12.1. The van der Waals surface area contributed by atoms with Crippen LogP contribution in [0.1, 0.15) is 36.2 Å². The maximum absolute atomic E-state index is 12.2. The molecule has 6 nitrogen and oxygen atoms in total. The number of carboxylic acid groups (broad SMARTS) is 1. The second kappa shape index (κ2) is 6.72. The van der Waals surface area contributed by atoms with Gasteiger partial charge in [0.05, 0.1) is 15.1 Å². The minimum atomic E-state index is -0.759. The van der Waals surface area contributed by atoms with Gasteiger partial charge in [-0.3, -0.25) is 9.59 Å². The zero-order chi connectivity index (χ0) is 16.4. The molecule has 3 rings (SSSR count). The Kier molecular flexibility index (Phi) is 4.68. The molecule has 0 radical (unpaired) electrons. The molecular weight excluding hydrogens is 340 g/mol. The Bertz CT molecular complexity index is 719. The highest BCUT2D eigenvalue weighted by molar-refractivity contribution is 7.19. The largest absolute Gasteiger partial charge is 0.481 e. The van der Waals surface area contributed by atoms with Gasteiger partial charge in [-0.05, 0) is 37.8 Å². The van der Waals surface area contributed by atoms with E-state index in [2.05, 4.69) is 10.5 Å². The van der Waals surface area contributed by atoms with Crippen LogP contribution in [0.2, 0.25) is 4.34 Å². The van der Waals surface area contributed by atoms with Crippen molar-refractivity contribution in [3.8, 4) is 10.6 Å². The number of amides is 1. The predicted molar refractivity (Wildman–Crippen MR) is 85.7 cm³/mol. The maximum atomic E-state index is 12.2. The first kappa shape index (κ1) is 16.0. The van der Waals surface area contributed by atoms with E-state index in [1.807, 2.05) is 6.07 Å². The van der Waals surface area contributed by atoms with Gasteiger partial charge < -0.3 is 14.9 Å². The van der Waals surface area contributed by atoms with Crippen LogP contribution >= 0.6 is 22.9 Å². The minimum Gasteiger partial charge on any atom is -0.481 e. The topological polar surface area (TPSA) is 92.4 Å². The fourth-order valence-electron chi connectivity index (χ4n) is 2.69. The molecule has 1 fully saturated rings. The average Bonchev–Trinajstić information content (AvgIpc) is 3.16. The highest BCUT2D eigenvalue weighted by Gasteiger charge is 2.27. The summed E-state index contributed by atoms with van der Waals surface area (Å²) in [6.45, 7) is 0. The molecule has 1 amide bonds. The lowest BCUT2D eigenvalue weighted by Gasteiger charge is -2.26.